The number of hydrogen-bond acceptors (Lipinski definition) is 1. The zero-order chi connectivity index (χ0) is 18.4. The van der Waals surface area contributed by atoms with Crippen molar-refractivity contribution in [3.63, 3.8) is 0 Å². The van der Waals surface area contributed by atoms with Gasteiger partial charge in [0, 0.05) is 11.1 Å². The predicted molar refractivity (Wildman–Crippen MR) is 111 cm³/mol. The van der Waals surface area contributed by atoms with Gasteiger partial charge in [-0.05, 0) is 41.3 Å². The van der Waals surface area contributed by atoms with Crippen molar-refractivity contribution < 1.29 is 4.74 Å². The molecule has 27 heavy (non-hydrogen) atoms. The molecule has 0 atom stereocenters. The maximum Gasteiger partial charge on any atom is 0.132 e. The largest absolute Gasteiger partial charge is 0.457 e. The highest BCUT2D eigenvalue weighted by Crippen LogP contribution is 2.62. The first-order valence-corrected chi connectivity index (χ1v) is 9.28. The van der Waals surface area contributed by atoms with E-state index in [2.05, 4.69) is 85.5 Å². The Kier molecular flexibility index (Phi) is 3.45. The van der Waals surface area contributed by atoms with Crippen LogP contribution in [0.4, 0.5) is 0 Å². The van der Waals surface area contributed by atoms with Gasteiger partial charge >= 0.3 is 0 Å². The Hall–Kier alpha value is -3.32. The van der Waals surface area contributed by atoms with Gasteiger partial charge in [0.05, 0.1) is 5.41 Å². The van der Waals surface area contributed by atoms with E-state index in [0.29, 0.717) is 0 Å². The zero-order valence-corrected chi connectivity index (χ0v) is 15.3. The third kappa shape index (κ3) is 2.00. The van der Waals surface area contributed by atoms with Gasteiger partial charge in [-0.15, -0.1) is 0 Å². The van der Waals surface area contributed by atoms with Gasteiger partial charge in [0.15, 0.2) is 0 Å². The van der Waals surface area contributed by atoms with Gasteiger partial charge in [-0.3, -0.25) is 0 Å². The summed E-state index contributed by atoms with van der Waals surface area (Å²) in [5.41, 5.74) is 6.70. The van der Waals surface area contributed by atoms with Crippen LogP contribution in [0.25, 0.3) is 5.57 Å². The molecule has 0 unspecified atom stereocenters. The Labute approximate surface area is 159 Å². The molecule has 5 rings (SSSR count). The van der Waals surface area contributed by atoms with Crippen molar-refractivity contribution in [2.45, 2.75) is 12.3 Å². The quantitative estimate of drug-likeness (QED) is 0.478. The van der Waals surface area contributed by atoms with E-state index >= 15 is 0 Å². The lowest BCUT2D eigenvalue weighted by Gasteiger charge is -2.39. The van der Waals surface area contributed by atoms with Crippen LogP contribution in [0.2, 0.25) is 0 Å². The lowest BCUT2D eigenvalue weighted by atomic mass is 9.66. The van der Waals surface area contributed by atoms with Gasteiger partial charge < -0.3 is 4.74 Å². The van der Waals surface area contributed by atoms with Crippen molar-refractivity contribution in [3.8, 4) is 11.5 Å². The fourth-order valence-electron chi connectivity index (χ4n) is 4.56. The summed E-state index contributed by atoms with van der Waals surface area (Å²) in [5.74, 6) is 1.80. The SMILES string of the molecule is C=C1/C(=C\C=C/C)c2ccccc2C12c1ccccc1Oc1ccccc12. The van der Waals surface area contributed by atoms with Crippen molar-refractivity contribution in [2.24, 2.45) is 0 Å². The number of para-hydroxylation sites is 2. The summed E-state index contributed by atoms with van der Waals surface area (Å²) in [5, 5.41) is 0. The van der Waals surface area contributed by atoms with Crippen LogP contribution in [0.15, 0.2) is 103 Å². The van der Waals surface area contributed by atoms with Gasteiger partial charge in [-0.1, -0.05) is 85.5 Å². The van der Waals surface area contributed by atoms with Gasteiger partial charge in [-0.2, -0.15) is 0 Å². The summed E-state index contributed by atoms with van der Waals surface area (Å²) in [7, 11) is 0. The van der Waals surface area contributed by atoms with E-state index in [1.54, 1.807) is 0 Å². The Morgan fingerprint density at radius 3 is 1.96 bits per heavy atom. The number of ether oxygens (including phenoxy) is 1. The zero-order valence-electron chi connectivity index (χ0n) is 15.3. The lowest BCUT2D eigenvalue weighted by Crippen LogP contribution is -2.31. The second-order valence-electron chi connectivity index (χ2n) is 6.97. The molecule has 1 nitrogen and oxygen atoms in total. The molecule has 3 aromatic rings. The predicted octanol–water partition coefficient (Wildman–Crippen LogP) is 6.66. The summed E-state index contributed by atoms with van der Waals surface area (Å²) in [6.07, 6.45) is 6.32. The number of allylic oxidation sites excluding steroid dienone is 5. The van der Waals surface area contributed by atoms with Crippen molar-refractivity contribution >= 4 is 5.57 Å². The average Bonchev–Trinajstić information content (AvgIpc) is 2.96. The molecule has 0 bridgehead atoms. The van der Waals surface area contributed by atoms with E-state index in [1.165, 1.54) is 16.7 Å². The third-order valence-electron chi connectivity index (χ3n) is 5.66. The molecule has 0 N–H and O–H groups in total. The minimum atomic E-state index is -0.421. The monoisotopic (exact) mass is 348 g/mol. The number of fused-ring (bicyclic) bond motifs is 6. The van der Waals surface area contributed by atoms with Crippen LogP contribution in [0.1, 0.15) is 29.2 Å². The smallest absolute Gasteiger partial charge is 0.132 e. The molecule has 1 spiro atoms. The summed E-state index contributed by atoms with van der Waals surface area (Å²) in [4.78, 5) is 0. The van der Waals surface area contributed by atoms with Crippen molar-refractivity contribution in [1.29, 1.82) is 0 Å². The van der Waals surface area contributed by atoms with Crippen molar-refractivity contribution in [1.82, 2.24) is 0 Å². The van der Waals surface area contributed by atoms with E-state index in [9.17, 15) is 0 Å². The van der Waals surface area contributed by atoms with E-state index in [1.807, 2.05) is 19.1 Å². The maximum atomic E-state index is 6.27. The van der Waals surface area contributed by atoms with E-state index in [0.717, 1.165) is 28.2 Å². The van der Waals surface area contributed by atoms with Crippen LogP contribution in [0.5, 0.6) is 11.5 Å². The van der Waals surface area contributed by atoms with Gasteiger partial charge in [0.25, 0.3) is 0 Å². The highest BCUT2D eigenvalue weighted by atomic mass is 16.5. The van der Waals surface area contributed by atoms with Gasteiger partial charge in [0.2, 0.25) is 0 Å². The average molecular weight is 348 g/mol. The Morgan fingerprint density at radius 2 is 1.33 bits per heavy atom. The Bertz CT molecular complexity index is 1080. The fourth-order valence-corrected chi connectivity index (χ4v) is 4.56. The summed E-state index contributed by atoms with van der Waals surface area (Å²) in [6.45, 7) is 6.66. The first kappa shape index (κ1) is 15.9. The van der Waals surface area contributed by atoms with Crippen LogP contribution in [-0.2, 0) is 5.41 Å². The van der Waals surface area contributed by atoms with E-state index in [-0.39, 0.29) is 0 Å². The Morgan fingerprint density at radius 1 is 0.778 bits per heavy atom. The normalized spacial score (nSPS) is 17.7. The molecule has 2 aliphatic rings. The van der Waals surface area contributed by atoms with Crippen LogP contribution >= 0.6 is 0 Å². The molecule has 1 heterocycles. The summed E-state index contributed by atoms with van der Waals surface area (Å²) >= 11 is 0. The molecular weight excluding hydrogens is 328 g/mol. The molecule has 3 aromatic carbocycles. The van der Waals surface area contributed by atoms with Crippen LogP contribution in [0.3, 0.4) is 0 Å². The molecule has 1 aliphatic carbocycles. The second-order valence-corrected chi connectivity index (χ2v) is 6.97. The highest BCUT2D eigenvalue weighted by molar-refractivity contribution is 5.95. The molecule has 0 amide bonds. The highest BCUT2D eigenvalue weighted by Gasteiger charge is 2.51. The fraction of sp³-hybridized carbons (Fsp3) is 0.0769. The maximum absolute atomic E-state index is 6.27. The van der Waals surface area contributed by atoms with Crippen LogP contribution < -0.4 is 4.74 Å². The van der Waals surface area contributed by atoms with Crippen molar-refractivity contribution in [3.05, 3.63) is 125 Å². The molecule has 130 valence electrons. The van der Waals surface area contributed by atoms with Gasteiger partial charge in [-0.25, -0.2) is 0 Å². The van der Waals surface area contributed by atoms with Crippen LogP contribution in [-0.4, -0.2) is 0 Å². The van der Waals surface area contributed by atoms with Gasteiger partial charge in [0.1, 0.15) is 11.5 Å². The minimum Gasteiger partial charge on any atom is -0.457 e. The molecular formula is C26H20O. The second kappa shape index (κ2) is 5.85. The summed E-state index contributed by atoms with van der Waals surface area (Å²) < 4.78 is 6.27. The number of benzene rings is 3. The Balaban J connectivity index is 1.94. The minimum absolute atomic E-state index is 0.421. The molecule has 1 heteroatoms. The first-order chi connectivity index (χ1) is 13.3. The standard InChI is InChI=1S/C26H20O/c1-3-4-11-19-18(2)26(21-13-6-5-12-20(19)21)22-14-7-9-16-24(22)27-25-17-10-8-15-23(25)26/h3-17H,2H2,1H3/b4-3-,19-11+. The van der Waals surface area contributed by atoms with Crippen LogP contribution in [0, 0.1) is 0 Å². The number of rotatable bonds is 1. The molecule has 1 aliphatic heterocycles. The molecule has 0 saturated heterocycles. The molecule has 0 saturated carbocycles. The van der Waals surface area contributed by atoms with Crippen molar-refractivity contribution in [2.75, 3.05) is 0 Å². The third-order valence-corrected chi connectivity index (χ3v) is 5.66. The number of hydrogen-bond donors (Lipinski definition) is 0. The molecule has 0 aromatic heterocycles. The van der Waals surface area contributed by atoms with E-state index in [4.69, 9.17) is 4.74 Å². The first-order valence-electron chi connectivity index (χ1n) is 9.28. The topological polar surface area (TPSA) is 9.23 Å². The van der Waals surface area contributed by atoms with E-state index < -0.39 is 5.41 Å². The molecule has 0 radical (unpaired) electrons. The summed E-state index contributed by atoms with van der Waals surface area (Å²) in [6, 6.07) is 25.3. The molecule has 0 fully saturated rings. The lowest BCUT2D eigenvalue weighted by molar-refractivity contribution is 0.436.